The van der Waals surface area contributed by atoms with Crippen molar-refractivity contribution in [2.45, 2.75) is 38.6 Å². The van der Waals surface area contributed by atoms with Gasteiger partial charge < -0.3 is 18.6 Å². The molecule has 6 heteroatoms. The molecular weight excluding hydrogens is 344 g/mol. The zero-order chi connectivity index (χ0) is 19.0. The van der Waals surface area contributed by atoms with Gasteiger partial charge in [0.25, 0.3) is 5.91 Å². The Morgan fingerprint density at radius 1 is 1.22 bits per heavy atom. The summed E-state index contributed by atoms with van der Waals surface area (Å²) >= 11 is 0. The van der Waals surface area contributed by atoms with E-state index in [0.29, 0.717) is 49.9 Å². The van der Waals surface area contributed by atoms with Crippen molar-refractivity contribution in [1.82, 2.24) is 9.80 Å². The molecule has 2 aromatic heterocycles. The molecule has 1 aliphatic heterocycles. The lowest BCUT2D eigenvalue weighted by molar-refractivity contribution is -0.136. The van der Waals surface area contributed by atoms with E-state index in [0.717, 1.165) is 11.5 Å². The molecule has 1 saturated carbocycles. The molecule has 2 fully saturated rings. The first-order valence-electron chi connectivity index (χ1n) is 9.68. The predicted molar refractivity (Wildman–Crippen MR) is 99.0 cm³/mol. The Bertz CT molecular complexity index is 802. The summed E-state index contributed by atoms with van der Waals surface area (Å²) in [7, 11) is 1.83. The van der Waals surface area contributed by atoms with Crippen LogP contribution in [0.3, 0.4) is 0 Å². The summed E-state index contributed by atoms with van der Waals surface area (Å²) in [6.45, 7) is 3.91. The second-order valence-electron chi connectivity index (χ2n) is 7.90. The van der Waals surface area contributed by atoms with Crippen LogP contribution in [0.4, 0.5) is 0 Å². The smallest absolute Gasteiger partial charge is 0.257 e. The van der Waals surface area contributed by atoms with Crippen molar-refractivity contribution in [3.63, 3.8) is 0 Å². The molecule has 6 nitrogen and oxygen atoms in total. The molecule has 1 saturated heterocycles. The number of piperidine rings is 1. The summed E-state index contributed by atoms with van der Waals surface area (Å²) in [6, 6.07) is 5.70. The van der Waals surface area contributed by atoms with Crippen LogP contribution in [0, 0.1) is 11.8 Å². The average Bonchev–Trinajstić information content (AvgIpc) is 3.10. The van der Waals surface area contributed by atoms with Crippen LogP contribution >= 0.6 is 0 Å². The van der Waals surface area contributed by atoms with Gasteiger partial charge in [-0.05, 0) is 43.4 Å². The van der Waals surface area contributed by atoms with Crippen LogP contribution in [0.25, 0.3) is 0 Å². The fourth-order valence-corrected chi connectivity index (χ4v) is 3.92. The van der Waals surface area contributed by atoms with E-state index >= 15 is 0 Å². The summed E-state index contributed by atoms with van der Waals surface area (Å²) < 4.78 is 10.9. The lowest BCUT2D eigenvalue weighted by Crippen LogP contribution is -2.43. The monoisotopic (exact) mass is 370 g/mol. The van der Waals surface area contributed by atoms with Crippen LogP contribution in [0.15, 0.2) is 39.6 Å². The van der Waals surface area contributed by atoms with Gasteiger partial charge in [-0.3, -0.25) is 9.59 Å². The summed E-state index contributed by atoms with van der Waals surface area (Å²) in [4.78, 5) is 28.7. The largest absolute Gasteiger partial charge is 0.472 e. The molecule has 0 spiro atoms. The standard InChI is InChI=1S/C21H26N2O4/c1-14-11-18(14)19-4-3-17(27-19)12-22(2)20(24)15-5-8-23(9-6-15)21(25)16-7-10-26-13-16/h3-4,7,10,13-15,18H,5-6,8-9,11-12H2,1-2H3/t14-,18-/m1/s1. The van der Waals surface area contributed by atoms with Gasteiger partial charge in [0.2, 0.25) is 5.91 Å². The first-order valence-corrected chi connectivity index (χ1v) is 9.68. The number of carbonyl (C=O) groups excluding carboxylic acids is 2. The molecule has 4 rings (SSSR count). The summed E-state index contributed by atoms with van der Waals surface area (Å²) in [6.07, 6.45) is 5.54. The van der Waals surface area contributed by atoms with Gasteiger partial charge >= 0.3 is 0 Å². The molecule has 0 radical (unpaired) electrons. The topological polar surface area (TPSA) is 66.9 Å². The number of rotatable bonds is 5. The van der Waals surface area contributed by atoms with E-state index in [1.165, 1.54) is 18.9 Å². The van der Waals surface area contributed by atoms with Gasteiger partial charge in [0.15, 0.2) is 0 Å². The van der Waals surface area contributed by atoms with E-state index < -0.39 is 0 Å². The summed E-state index contributed by atoms with van der Waals surface area (Å²) in [5.41, 5.74) is 0.565. The second-order valence-corrected chi connectivity index (χ2v) is 7.90. The molecule has 1 aliphatic carbocycles. The third-order valence-electron chi connectivity index (χ3n) is 5.83. The Morgan fingerprint density at radius 3 is 2.59 bits per heavy atom. The van der Waals surface area contributed by atoms with Crippen molar-refractivity contribution in [1.29, 1.82) is 0 Å². The maximum absolute atomic E-state index is 12.8. The van der Waals surface area contributed by atoms with Crippen molar-refractivity contribution in [3.05, 3.63) is 47.8 Å². The highest BCUT2D eigenvalue weighted by molar-refractivity contribution is 5.94. The van der Waals surface area contributed by atoms with Crippen molar-refractivity contribution < 1.29 is 18.4 Å². The van der Waals surface area contributed by atoms with E-state index in [4.69, 9.17) is 8.83 Å². The maximum Gasteiger partial charge on any atom is 0.257 e. The van der Waals surface area contributed by atoms with Gasteiger partial charge in [0.1, 0.15) is 17.8 Å². The van der Waals surface area contributed by atoms with E-state index in [2.05, 4.69) is 6.92 Å². The van der Waals surface area contributed by atoms with Crippen molar-refractivity contribution in [2.24, 2.45) is 11.8 Å². The molecule has 3 heterocycles. The maximum atomic E-state index is 12.8. The third-order valence-corrected chi connectivity index (χ3v) is 5.83. The van der Waals surface area contributed by atoms with Gasteiger partial charge in [-0.2, -0.15) is 0 Å². The highest BCUT2D eigenvalue weighted by atomic mass is 16.3. The molecule has 0 N–H and O–H groups in total. The van der Waals surface area contributed by atoms with Crippen LogP contribution in [-0.4, -0.2) is 41.8 Å². The number of nitrogens with zero attached hydrogens (tertiary/aromatic N) is 2. The Balaban J connectivity index is 1.28. The fraction of sp³-hybridized carbons (Fsp3) is 0.524. The molecule has 0 aromatic carbocycles. The minimum absolute atomic E-state index is 0.0274. The number of furan rings is 2. The summed E-state index contributed by atoms with van der Waals surface area (Å²) in [5.74, 6) is 3.21. The second kappa shape index (κ2) is 7.25. The molecule has 2 aromatic rings. The van der Waals surface area contributed by atoms with Gasteiger partial charge in [0, 0.05) is 32.0 Å². The van der Waals surface area contributed by atoms with E-state index in [1.807, 2.05) is 19.2 Å². The number of amides is 2. The lowest BCUT2D eigenvalue weighted by Gasteiger charge is -2.32. The zero-order valence-electron chi connectivity index (χ0n) is 15.9. The van der Waals surface area contributed by atoms with Crippen molar-refractivity contribution in [3.8, 4) is 0 Å². The fourth-order valence-electron chi connectivity index (χ4n) is 3.92. The Kier molecular flexibility index (Phi) is 4.81. The summed E-state index contributed by atoms with van der Waals surface area (Å²) in [5, 5.41) is 0. The number of hydrogen-bond acceptors (Lipinski definition) is 4. The molecule has 0 unspecified atom stereocenters. The average molecular weight is 370 g/mol. The van der Waals surface area contributed by atoms with Gasteiger partial charge in [-0.25, -0.2) is 0 Å². The number of hydrogen-bond donors (Lipinski definition) is 0. The molecule has 2 atom stereocenters. The first kappa shape index (κ1) is 17.9. The minimum atomic E-state index is -0.0405. The normalized spacial score (nSPS) is 22.7. The Labute approximate surface area is 159 Å². The highest BCUT2D eigenvalue weighted by Gasteiger charge is 2.37. The van der Waals surface area contributed by atoms with Gasteiger partial charge in [-0.15, -0.1) is 0 Å². The van der Waals surface area contributed by atoms with E-state index in [9.17, 15) is 9.59 Å². The SMILES string of the molecule is C[C@@H]1C[C@H]1c1ccc(CN(C)C(=O)C2CCN(C(=O)c3ccoc3)CC2)o1. The number of likely N-dealkylation sites (tertiary alicyclic amines) is 1. The van der Waals surface area contributed by atoms with E-state index in [-0.39, 0.29) is 17.7 Å². The van der Waals surface area contributed by atoms with Crippen molar-refractivity contribution >= 4 is 11.8 Å². The van der Waals surface area contributed by atoms with Crippen LogP contribution in [0.5, 0.6) is 0 Å². The van der Waals surface area contributed by atoms with Gasteiger partial charge in [0.05, 0.1) is 18.4 Å². The van der Waals surface area contributed by atoms with Crippen LogP contribution in [0.2, 0.25) is 0 Å². The first-order chi connectivity index (χ1) is 13.0. The zero-order valence-corrected chi connectivity index (χ0v) is 15.9. The van der Waals surface area contributed by atoms with Crippen LogP contribution < -0.4 is 0 Å². The number of carbonyl (C=O) groups is 2. The van der Waals surface area contributed by atoms with Crippen LogP contribution in [-0.2, 0) is 11.3 Å². The lowest BCUT2D eigenvalue weighted by atomic mass is 9.95. The Morgan fingerprint density at radius 2 is 1.96 bits per heavy atom. The van der Waals surface area contributed by atoms with Crippen molar-refractivity contribution in [2.75, 3.05) is 20.1 Å². The molecular formula is C21H26N2O4. The highest BCUT2D eigenvalue weighted by Crippen LogP contribution is 2.47. The molecule has 27 heavy (non-hydrogen) atoms. The van der Waals surface area contributed by atoms with Crippen LogP contribution in [0.1, 0.15) is 54.0 Å². The molecule has 2 aliphatic rings. The molecule has 0 bridgehead atoms. The minimum Gasteiger partial charge on any atom is -0.472 e. The third kappa shape index (κ3) is 3.80. The molecule has 144 valence electrons. The molecule has 2 amide bonds. The quantitative estimate of drug-likeness (QED) is 0.808. The van der Waals surface area contributed by atoms with Gasteiger partial charge in [-0.1, -0.05) is 6.92 Å². The van der Waals surface area contributed by atoms with E-state index in [1.54, 1.807) is 15.9 Å². The Hall–Kier alpha value is -2.50. The predicted octanol–water partition coefficient (Wildman–Crippen LogP) is 3.51.